The predicted molar refractivity (Wildman–Crippen MR) is 111 cm³/mol. The Morgan fingerprint density at radius 1 is 1.04 bits per heavy atom. The maximum absolute atomic E-state index is 11.4. The van der Waals surface area contributed by atoms with Crippen LogP contribution in [0.3, 0.4) is 0 Å². The van der Waals surface area contributed by atoms with Crippen LogP contribution in [-0.2, 0) is 6.54 Å². The molecule has 0 aliphatic carbocycles. The Hall–Kier alpha value is -2.70. The van der Waals surface area contributed by atoms with E-state index in [1.165, 1.54) is 0 Å². The predicted octanol–water partition coefficient (Wildman–Crippen LogP) is 2.42. The molecule has 1 saturated heterocycles. The molecule has 1 aromatic heterocycles. The molecule has 2 heterocycles. The highest BCUT2D eigenvalue weighted by Crippen LogP contribution is 2.18. The molecule has 1 fully saturated rings. The number of aliphatic hydroxyl groups is 1. The first-order chi connectivity index (χ1) is 13.6. The molecule has 0 bridgehead atoms. The lowest BCUT2D eigenvalue weighted by molar-refractivity contribution is 0.0959. The maximum Gasteiger partial charge on any atom is 0.159 e. The van der Waals surface area contributed by atoms with Gasteiger partial charge < -0.3 is 14.6 Å². The minimum Gasteiger partial charge on any atom is -0.390 e. The van der Waals surface area contributed by atoms with E-state index in [4.69, 9.17) is 0 Å². The Labute approximate surface area is 165 Å². The summed E-state index contributed by atoms with van der Waals surface area (Å²) in [5.41, 5.74) is 3.91. The lowest BCUT2D eigenvalue weighted by atomic mass is 10.1. The molecule has 1 aliphatic heterocycles. The Kier molecular flexibility index (Phi) is 5.41. The molecule has 1 aliphatic rings. The molecule has 1 N–H and O–H groups in total. The Bertz CT molecular complexity index is 943. The third-order valence-corrected chi connectivity index (χ3v) is 5.42. The number of ketones is 1. The molecule has 6 heteroatoms. The van der Waals surface area contributed by atoms with E-state index in [0.29, 0.717) is 13.1 Å². The molecule has 0 saturated carbocycles. The van der Waals surface area contributed by atoms with Gasteiger partial charge in [-0.3, -0.25) is 9.69 Å². The van der Waals surface area contributed by atoms with Gasteiger partial charge in [-0.15, -0.1) is 0 Å². The Morgan fingerprint density at radius 3 is 2.46 bits per heavy atom. The monoisotopic (exact) mass is 378 g/mol. The number of carbonyl (C=O) groups is 1. The average Bonchev–Trinajstić information content (AvgIpc) is 3.11. The zero-order chi connectivity index (χ0) is 19.5. The highest BCUT2D eigenvalue weighted by Gasteiger charge is 2.20. The highest BCUT2D eigenvalue weighted by molar-refractivity contribution is 5.94. The van der Waals surface area contributed by atoms with Crippen molar-refractivity contribution in [1.29, 1.82) is 0 Å². The zero-order valence-electron chi connectivity index (χ0n) is 16.2. The summed E-state index contributed by atoms with van der Waals surface area (Å²) in [5, 5.41) is 10.6. The van der Waals surface area contributed by atoms with E-state index < -0.39 is 6.10 Å². The quantitative estimate of drug-likeness (QED) is 0.668. The van der Waals surface area contributed by atoms with E-state index in [0.717, 1.165) is 48.5 Å². The second kappa shape index (κ2) is 8.12. The number of piperazine rings is 1. The highest BCUT2D eigenvalue weighted by atomic mass is 16.3. The van der Waals surface area contributed by atoms with Crippen molar-refractivity contribution < 1.29 is 9.90 Å². The van der Waals surface area contributed by atoms with E-state index in [2.05, 4.69) is 14.8 Å². The number of benzene rings is 2. The molecular weight excluding hydrogens is 352 g/mol. The Balaban J connectivity index is 1.29. The van der Waals surface area contributed by atoms with Crippen LogP contribution >= 0.6 is 0 Å². The van der Waals surface area contributed by atoms with Gasteiger partial charge in [0.2, 0.25) is 0 Å². The van der Waals surface area contributed by atoms with Crippen LogP contribution in [-0.4, -0.2) is 64.2 Å². The second-order valence-corrected chi connectivity index (χ2v) is 7.43. The van der Waals surface area contributed by atoms with Gasteiger partial charge in [-0.05, 0) is 43.3 Å². The number of hydrogen-bond donors (Lipinski definition) is 1. The molecule has 1 atom stereocenters. The van der Waals surface area contributed by atoms with Crippen molar-refractivity contribution in [1.82, 2.24) is 14.5 Å². The summed E-state index contributed by atoms with van der Waals surface area (Å²) in [6.07, 6.45) is 1.37. The zero-order valence-corrected chi connectivity index (χ0v) is 16.2. The number of aromatic nitrogens is 2. The van der Waals surface area contributed by atoms with Crippen LogP contribution in [0, 0.1) is 0 Å². The van der Waals surface area contributed by atoms with Gasteiger partial charge in [0.05, 0.1) is 30.0 Å². The first-order valence-electron chi connectivity index (χ1n) is 9.76. The van der Waals surface area contributed by atoms with Crippen LogP contribution in [0.4, 0.5) is 5.69 Å². The fourth-order valence-electron chi connectivity index (χ4n) is 3.83. The number of hydrogen-bond acceptors (Lipinski definition) is 5. The van der Waals surface area contributed by atoms with Gasteiger partial charge in [-0.1, -0.05) is 12.1 Å². The van der Waals surface area contributed by atoms with Crippen molar-refractivity contribution in [3.8, 4) is 0 Å². The van der Waals surface area contributed by atoms with E-state index in [9.17, 15) is 9.90 Å². The topological polar surface area (TPSA) is 61.6 Å². The smallest absolute Gasteiger partial charge is 0.159 e. The fraction of sp³-hybridized carbons (Fsp3) is 0.364. The molecule has 1 unspecified atom stereocenters. The van der Waals surface area contributed by atoms with Gasteiger partial charge in [0.15, 0.2) is 5.78 Å². The molecule has 0 spiro atoms. The summed E-state index contributed by atoms with van der Waals surface area (Å²) in [6, 6.07) is 15.8. The summed E-state index contributed by atoms with van der Waals surface area (Å²) < 4.78 is 2.02. The second-order valence-electron chi connectivity index (χ2n) is 7.43. The number of anilines is 1. The largest absolute Gasteiger partial charge is 0.390 e. The van der Waals surface area contributed by atoms with Crippen molar-refractivity contribution in [3.05, 3.63) is 60.4 Å². The average molecular weight is 378 g/mol. The van der Waals surface area contributed by atoms with Crippen molar-refractivity contribution >= 4 is 22.5 Å². The van der Waals surface area contributed by atoms with Crippen LogP contribution in [0.1, 0.15) is 17.3 Å². The van der Waals surface area contributed by atoms with Crippen LogP contribution in [0.25, 0.3) is 11.0 Å². The number of Topliss-reactive ketones (excluding diaryl/α,β-unsaturated/α-hetero) is 1. The van der Waals surface area contributed by atoms with Crippen molar-refractivity contribution in [3.63, 3.8) is 0 Å². The Morgan fingerprint density at radius 2 is 1.75 bits per heavy atom. The molecule has 0 radical (unpaired) electrons. The normalized spacial score (nSPS) is 16.4. The number of nitrogens with zero attached hydrogens (tertiary/aromatic N) is 4. The number of carbonyl (C=O) groups excluding carboxylic acids is 1. The standard InChI is InChI=1S/C22H26N4O2/c1-17(27)18-6-8-19(9-7-18)25-12-10-24(11-13-25)14-20(28)15-26-16-23-21-4-2-3-5-22(21)26/h2-9,16,20,28H,10-15H2,1H3. The fourth-order valence-corrected chi connectivity index (χ4v) is 3.83. The van der Waals surface area contributed by atoms with Gasteiger partial charge >= 0.3 is 0 Å². The minimum atomic E-state index is -0.431. The molecule has 0 amide bonds. The van der Waals surface area contributed by atoms with Gasteiger partial charge in [0, 0.05) is 44.0 Å². The molecular formula is C22H26N4O2. The maximum atomic E-state index is 11.4. The summed E-state index contributed by atoms with van der Waals surface area (Å²) in [6.45, 7) is 6.45. The number of aliphatic hydroxyl groups excluding tert-OH is 1. The van der Waals surface area contributed by atoms with Crippen molar-refractivity contribution in [2.75, 3.05) is 37.6 Å². The van der Waals surface area contributed by atoms with E-state index in [1.807, 2.05) is 53.1 Å². The third-order valence-electron chi connectivity index (χ3n) is 5.42. The van der Waals surface area contributed by atoms with Gasteiger partial charge in [0.1, 0.15) is 0 Å². The minimum absolute atomic E-state index is 0.0935. The van der Waals surface area contributed by atoms with Crippen LogP contribution < -0.4 is 4.90 Å². The molecule has 28 heavy (non-hydrogen) atoms. The number of imidazole rings is 1. The van der Waals surface area contributed by atoms with E-state index in [1.54, 1.807) is 13.3 Å². The summed E-state index contributed by atoms with van der Waals surface area (Å²) in [7, 11) is 0. The van der Waals surface area contributed by atoms with Crippen LogP contribution in [0.5, 0.6) is 0 Å². The van der Waals surface area contributed by atoms with Gasteiger partial charge in [-0.2, -0.15) is 0 Å². The van der Waals surface area contributed by atoms with Gasteiger partial charge in [-0.25, -0.2) is 4.98 Å². The molecule has 3 aromatic rings. The van der Waals surface area contributed by atoms with Crippen molar-refractivity contribution in [2.24, 2.45) is 0 Å². The van der Waals surface area contributed by atoms with E-state index >= 15 is 0 Å². The number of β-amino-alcohol motifs (C(OH)–C–C–N with tert-alkyl or cyclic N) is 1. The van der Waals surface area contributed by atoms with Crippen LogP contribution in [0.15, 0.2) is 54.9 Å². The summed E-state index contributed by atoms with van der Waals surface area (Å²) in [5.74, 6) is 0.0935. The first-order valence-corrected chi connectivity index (χ1v) is 9.76. The van der Waals surface area contributed by atoms with Crippen molar-refractivity contribution in [2.45, 2.75) is 19.6 Å². The van der Waals surface area contributed by atoms with Crippen LogP contribution in [0.2, 0.25) is 0 Å². The van der Waals surface area contributed by atoms with E-state index in [-0.39, 0.29) is 5.78 Å². The molecule has 6 nitrogen and oxygen atoms in total. The lowest BCUT2D eigenvalue weighted by Crippen LogP contribution is -2.49. The number of rotatable bonds is 6. The number of para-hydroxylation sites is 2. The first kappa shape index (κ1) is 18.7. The summed E-state index contributed by atoms with van der Waals surface area (Å²) in [4.78, 5) is 20.4. The third kappa shape index (κ3) is 4.08. The SMILES string of the molecule is CC(=O)c1ccc(N2CCN(CC(O)Cn3cnc4ccccc43)CC2)cc1. The molecule has 2 aromatic carbocycles. The van der Waals surface area contributed by atoms with Gasteiger partial charge in [0.25, 0.3) is 0 Å². The lowest BCUT2D eigenvalue weighted by Gasteiger charge is -2.37. The summed E-state index contributed by atoms with van der Waals surface area (Å²) >= 11 is 0. The number of fused-ring (bicyclic) bond motifs is 1. The molecule has 4 rings (SSSR count). The molecule has 146 valence electrons.